The van der Waals surface area contributed by atoms with Crippen molar-refractivity contribution in [2.24, 2.45) is 17.3 Å². The van der Waals surface area contributed by atoms with Crippen LogP contribution in [-0.2, 0) is 9.53 Å². The van der Waals surface area contributed by atoms with Crippen molar-refractivity contribution < 1.29 is 9.53 Å². The number of fused-ring (bicyclic) bond motifs is 1. The van der Waals surface area contributed by atoms with Crippen LogP contribution in [0.5, 0.6) is 0 Å². The highest BCUT2D eigenvalue weighted by molar-refractivity contribution is 5.80. The molecule has 1 saturated carbocycles. The second-order valence-corrected chi connectivity index (χ2v) is 4.02. The number of ether oxygens (including phenoxy) is 1. The summed E-state index contributed by atoms with van der Waals surface area (Å²) in [4.78, 5) is 11.2. The van der Waals surface area contributed by atoms with Crippen molar-refractivity contribution in [3.05, 3.63) is 11.8 Å². The van der Waals surface area contributed by atoms with E-state index in [1.165, 1.54) is 0 Å². The molecule has 0 radical (unpaired) electrons. The van der Waals surface area contributed by atoms with E-state index in [2.05, 4.69) is 19.9 Å². The van der Waals surface area contributed by atoms with Crippen molar-refractivity contribution >= 4 is 5.97 Å². The molecule has 0 spiro atoms. The fourth-order valence-corrected chi connectivity index (χ4v) is 1.95. The van der Waals surface area contributed by atoms with Gasteiger partial charge in [-0.05, 0) is 18.4 Å². The zero-order valence-corrected chi connectivity index (χ0v) is 7.05. The van der Waals surface area contributed by atoms with Crippen LogP contribution in [0.2, 0.25) is 0 Å². The van der Waals surface area contributed by atoms with E-state index < -0.39 is 0 Å². The number of allylic oxidation sites excluding steroid dienone is 2. The summed E-state index contributed by atoms with van der Waals surface area (Å²) in [5, 5.41) is 0. The molecule has 0 aromatic rings. The Labute approximate surface area is 66.2 Å². The molecule has 2 nitrogen and oxygen atoms in total. The predicted octanol–water partition coefficient (Wildman–Crippen LogP) is 1.72. The van der Waals surface area contributed by atoms with Gasteiger partial charge in [0.15, 0.2) is 0 Å². The van der Waals surface area contributed by atoms with Crippen LogP contribution in [0, 0.1) is 17.3 Å². The maximum atomic E-state index is 11.2. The predicted molar refractivity (Wildman–Crippen MR) is 40.6 cm³/mol. The van der Waals surface area contributed by atoms with Crippen molar-refractivity contribution in [3.8, 4) is 0 Å². The smallest absolute Gasteiger partial charge is 0.315 e. The lowest BCUT2D eigenvalue weighted by Crippen LogP contribution is -2.11. The molecule has 0 N–H and O–H groups in total. The fourth-order valence-electron chi connectivity index (χ4n) is 1.95. The molecule has 2 atom stereocenters. The second kappa shape index (κ2) is 1.68. The summed E-state index contributed by atoms with van der Waals surface area (Å²) in [6.07, 6.45) is 2.06. The Balaban J connectivity index is 2.32. The quantitative estimate of drug-likeness (QED) is 0.494. The molecule has 1 heterocycles. The van der Waals surface area contributed by atoms with Gasteiger partial charge < -0.3 is 4.74 Å². The van der Waals surface area contributed by atoms with E-state index in [0.717, 1.165) is 5.76 Å². The molecule has 0 aromatic carbocycles. The topological polar surface area (TPSA) is 26.3 Å². The highest BCUT2D eigenvalue weighted by Crippen LogP contribution is 2.61. The average Bonchev–Trinajstić information content (AvgIpc) is 2.34. The van der Waals surface area contributed by atoms with E-state index in [-0.39, 0.29) is 17.3 Å². The summed E-state index contributed by atoms with van der Waals surface area (Å²) in [6, 6.07) is 0. The molecule has 0 unspecified atom stereocenters. The Bertz CT molecular complexity index is 250. The first-order chi connectivity index (χ1) is 5.03. The zero-order valence-electron chi connectivity index (χ0n) is 7.05. The summed E-state index contributed by atoms with van der Waals surface area (Å²) >= 11 is 0. The van der Waals surface area contributed by atoms with Crippen molar-refractivity contribution in [2.75, 3.05) is 0 Å². The number of carbonyl (C=O) groups excluding carboxylic acids is 1. The third kappa shape index (κ3) is 0.753. The van der Waals surface area contributed by atoms with E-state index in [1.807, 2.05) is 6.92 Å². The molecule has 60 valence electrons. The zero-order chi connectivity index (χ0) is 8.22. The number of carbonyl (C=O) groups is 1. The molecule has 0 aromatic heterocycles. The van der Waals surface area contributed by atoms with Gasteiger partial charge in [0.2, 0.25) is 0 Å². The van der Waals surface area contributed by atoms with Crippen molar-refractivity contribution in [1.82, 2.24) is 0 Å². The maximum Gasteiger partial charge on any atom is 0.315 e. The first kappa shape index (κ1) is 6.89. The molecule has 0 bridgehead atoms. The molecular weight excluding hydrogens is 140 g/mol. The normalized spacial score (nSPS) is 38.8. The Morgan fingerprint density at radius 2 is 2.18 bits per heavy atom. The van der Waals surface area contributed by atoms with Crippen LogP contribution in [0.1, 0.15) is 20.8 Å². The van der Waals surface area contributed by atoms with Crippen LogP contribution in [-0.4, -0.2) is 5.97 Å². The van der Waals surface area contributed by atoms with Gasteiger partial charge in [-0.2, -0.15) is 0 Å². The van der Waals surface area contributed by atoms with Gasteiger partial charge in [0.1, 0.15) is 5.76 Å². The molecule has 11 heavy (non-hydrogen) atoms. The fraction of sp³-hybridized carbons (Fsp3) is 0.667. The summed E-state index contributed by atoms with van der Waals surface area (Å²) in [6.45, 7) is 6.06. The average molecular weight is 152 g/mol. The SMILES string of the molecule is CC1=C[C@H]2[C@@H](C(=O)O1)C2(C)C. The summed E-state index contributed by atoms with van der Waals surface area (Å²) < 4.78 is 5.00. The van der Waals surface area contributed by atoms with Gasteiger partial charge in [0.25, 0.3) is 0 Å². The van der Waals surface area contributed by atoms with Crippen molar-refractivity contribution in [2.45, 2.75) is 20.8 Å². The highest BCUT2D eigenvalue weighted by Gasteiger charge is 2.63. The monoisotopic (exact) mass is 152 g/mol. The number of rotatable bonds is 0. The summed E-state index contributed by atoms with van der Waals surface area (Å²) in [5.41, 5.74) is 0.148. The second-order valence-electron chi connectivity index (χ2n) is 4.02. The Hall–Kier alpha value is -0.790. The van der Waals surface area contributed by atoms with Crippen molar-refractivity contribution in [3.63, 3.8) is 0 Å². The molecule has 1 aliphatic heterocycles. The van der Waals surface area contributed by atoms with Gasteiger partial charge >= 0.3 is 5.97 Å². The number of esters is 1. The first-order valence-corrected chi connectivity index (χ1v) is 3.93. The lowest BCUT2D eigenvalue weighted by atomic mass is 10.1. The number of cyclic esters (lactones) is 1. The lowest BCUT2D eigenvalue weighted by Gasteiger charge is -2.06. The first-order valence-electron chi connectivity index (χ1n) is 3.93. The number of hydrogen-bond acceptors (Lipinski definition) is 2. The molecule has 2 heteroatoms. The van der Waals surface area contributed by atoms with E-state index >= 15 is 0 Å². The van der Waals surface area contributed by atoms with Gasteiger partial charge in [0, 0.05) is 5.92 Å². The Morgan fingerprint density at radius 3 is 2.73 bits per heavy atom. The van der Waals surface area contributed by atoms with Crippen LogP contribution in [0.25, 0.3) is 0 Å². The Morgan fingerprint density at radius 1 is 1.55 bits per heavy atom. The van der Waals surface area contributed by atoms with Gasteiger partial charge in [-0.25, -0.2) is 0 Å². The molecule has 1 aliphatic carbocycles. The summed E-state index contributed by atoms with van der Waals surface area (Å²) in [7, 11) is 0. The molecule has 2 aliphatic rings. The van der Waals surface area contributed by atoms with E-state index in [4.69, 9.17) is 4.74 Å². The third-order valence-corrected chi connectivity index (χ3v) is 2.84. The van der Waals surface area contributed by atoms with Crippen LogP contribution in [0.3, 0.4) is 0 Å². The molecule has 2 rings (SSSR count). The van der Waals surface area contributed by atoms with Gasteiger partial charge in [-0.1, -0.05) is 13.8 Å². The molecule has 0 saturated heterocycles. The maximum absolute atomic E-state index is 11.2. The van der Waals surface area contributed by atoms with E-state index in [1.54, 1.807) is 0 Å². The van der Waals surface area contributed by atoms with Gasteiger partial charge in [0.05, 0.1) is 5.92 Å². The van der Waals surface area contributed by atoms with Crippen LogP contribution < -0.4 is 0 Å². The largest absolute Gasteiger partial charge is 0.431 e. The third-order valence-electron chi connectivity index (χ3n) is 2.84. The van der Waals surface area contributed by atoms with Crippen molar-refractivity contribution in [1.29, 1.82) is 0 Å². The van der Waals surface area contributed by atoms with Crippen LogP contribution in [0.15, 0.2) is 11.8 Å². The molecule has 0 amide bonds. The van der Waals surface area contributed by atoms with Gasteiger partial charge in [-0.15, -0.1) is 0 Å². The molecular formula is C9H12O2. The van der Waals surface area contributed by atoms with Crippen LogP contribution >= 0.6 is 0 Å². The Kier molecular flexibility index (Phi) is 1.05. The highest BCUT2D eigenvalue weighted by atomic mass is 16.5. The van der Waals surface area contributed by atoms with E-state index in [9.17, 15) is 4.79 Å². The summed E-state index contributed by atoms with van der Waals surface area (Å²) in [5.74, 6) is 1.29. The lowest BCUT2D eigenvalue weighted by molar-refractivity contribution is -0.142. The number of hydrogen-bond donors (Lipinski definition) is 0. The minimum atomic E-state index is -0.0417. The minimum absolute atomic E-state index is 0.0417. The van der Waals surface area contributed by atoms with Crippen LogP contribution in [0.4, 0.5) is 0 Å². The van der Waals surface area contributed by atoms with Gasteiger partial charge in [-0.3, -0.25) is 4.79 Å². The van der Waals surface area contributed by atoms with E-state index in [0.29, 0.717) is 5.92 Å². The molecule has 1 fully saturated rings. The minimum Gasteiger partial charge on any atom is -0.431 e. The standard InChI is InChI=1S/C9H12O2/c1-5-4-6-7(8(10)11-5)9(6,2)3/h4,6-7H,1-3H3/t6-,7-/m0/s1.